The first-order chi connectivity index (χ1) is 16.6. The van der Waals surface area contributed by atoms with Gasteiger partial charge in [0.15, 0.2) is 17.3 Å². The van der Waals surface area contributed by atoms with Crippen LogP contribution < -0.4 is 24.8 Å². The highest BCUT2D eigenvalue weighted by Crippen LogP contribution is 2.47. The summed E-state index contributed by atoms with van der Waals surface area (Å²) >= 11 is 0. The summed E-state index contributed by atoms with van der Waals surface area (Å²) in [5, 5.41) is 7.19. The number of allylic oxidation sites excluding steroid dienone is 1. The number of Topliss-reactive ketones (excluding diaryl/α,β-unsaturated/α-hetero) is 1. The van der Waals surface area contributed by atoms with Crippen LogP contribution in [0.25, 0.3) is 0 Å². The number of ether oxygens (including phenoxy) is 3. The maximum atomic E-state index is 13.7. The predicted octanol–water partition coefficient (Wildman–Crippen LogP) is 5.69. The van der Waals surface area contributed by atoms with Crippen molar-refractivity contribution >= 4 is 17.2 Å². The van der Waals surface area contributed by atoms with Crippen molar-refractivity contribution in [2.24, 2.45) is 0 Å². The second-order valence-corrected chi connectivity index (χ2v) is 8.53. The highest BCUT2D eigenvalue weighted by molar-refractivity contribution is 6.01. The summed E-state index contributed by atoms with van der Waals surface area (Å²) in [4.78, 5) is 13.7. The van der Waals surface area contributed by atoms with Gasteiger partial charge >= 0.3 is 0 Å². The minimum atomic E-state index is -0.412. The third-order valence-electron chi connectivity index (χ3n) is 6.63. The summed E-state index contributed by atoms with van der Waals surface area (Å²) in [5.74, 6) is 2.02. The van der Waals surface area contributed by atoms with E-state index in [-0.39, 0.29) is 11.7 Å². The number of hydrogen-bond acceptors (Lipinski definition) is 6. The molecule has 1 aliphatic heterocycles. The molecule has 2 N–H and O–H groups in total. The Labute approximate surface area is 199 Å². The molecule has 0 radical (unpaired) electrons. The van der Waals surface area contributed by atoms with Gasteiger partial charge < -0.3 is 24.8 Å². The zero-order valence-corrected chi connectivity index (χ0v) is 19.6. The van der Waals surface area contributed by atoms with Crippen molar-refractivity contribution in [1.29, 1.82) is 0 Å². The Morgan fingerprint density at radius 2 is 1.41 bits per heavy atom. The maximum absolute atomic E-state index is 13.7. The molecule has 0 bridgehead atoms. The lowest BCUT2D eigenvalue weighted by molar-refractivity contribution is -0.116. The number of benzene rings is 3. The van der Waals surface area contributed by atoms with E-state index in [4.69, 9.17) is 14.2 Å². The number of nitrogens with one attached hydrogen (secondary N) is 2. The van der Waals surface area contributed by atoms with Gasteiger partial charge in [0.1, 0.15) is 5.75 Å². The van der Waals surface area contributed by atoms with E-state index in [0.717, 1.165) is 34.6 Å². The van der Waals surface area contributed by atoms with Crippen molar-refractivity contribution < 1.29 is 19.0 Å². The topological polar surface area (TPSA) is 68.8 Å². The number of para-hydroxylation sites is 2. The number of fused-ring (bicyclic) bond motifs is 1. The molecule has 0 saturated heterocycles. The van der Waals surface area contributed by atoms with E-state index in [2.05, 4.69) is 22.8 Å². The number of methoxy groups -OCH3 is 3. The quantitative estimate of drug-likeness (QED) is 0.514. The summed E-state index contributed by atoms with van der Waals surface area (Å²) in [5.41, 5.74) is 5.52. The van der Waals surface area contributed by atoms with Crippen LogP contribution in [0.4, 0.5) is 11.4 Å². The fraction of sp³-hybridized carbons (Fsp3) is 0.250. The van der Waals surface area contributed by atoms with E-state index in [1.54, 1.807) is 27.4 Å². The van der Waals surface area contributed by atoms with Crippen LogP contribution in [-0.4, -0.2) is 27.1 Å². The van der Waals surface area contributed by atoms with Crippen molar-refractivity contribution in [3.8, 4) is 17.2 Å². The molecule has 1 aliphatic carbocycles. The van der Waals surface area contributed by atoms with E-state index in [1.165, 1.54) is 5.56 Å². The Morgan fingerprint density at radius 1 is 0.765 bits per heavy atom. The normalized spacial score (nSPS) is 19.2. The average Bonchev–Trinajstić information content (AvgIpc) is 3.05. The summed E-state index contributed by atoms with van der Waals surface area (Å²) < 4.78 is 16.8. The number of rotatable bonds is 5. The van der Waals surface area contributed by atoms with Gasteiger partial charge in [0.25, 0.3) is 0 Å². The van der Waals surface area contributed by atoms with E-state index in [9.17, 15) is 4.79 Å². The van der Waals surface area contributed by atoms with Gasteiger partial charge in [0, 0.05) is 29.3 Å². The molecule has 6 nitrogen and oxygen atoms in total. The molecular formula is C28H28N2O4. The first-order valence-electron chi connectivity index (χ1n) is 11.4. The fourth-order valence-corrected chi connectivity index (χ4v) is 4.96. The summed E-state index contributed by atoms with van der Waals surface area (Å²) in [6, 6.07) is 21.6. The minimum Gasteiger partial charge on any atom is -0.496 e. The number of anilines is 2. The van der Waals surface area contributed by atoms with Crippen LogP contribution in [0, 0.1) is 0 Å². The van der Waals surface area contributed by atoms with E-state index in [1.807, 2.05) is 48.5 Å². The summed E-state index contributed by atoms with van der Waals surface area (Å²) in [7, 11) is 4.82. The van der Waals surface area contributed by atoms with Crippen LogP contribution in [0.15, 0.2) is 78.0 Å². The maximum Gasteiger partial charge on any atom is 0.164 e. The van der Waals surface area contributed by atoms with Gasteiger partial charge in [-0.25, -0.2) is 0 Å². The van der Waals surface area contributed by atoms with Crippen molar-refractivity contribution in [3.05, 3.63) is 89.1 Å². The molecule has 0 spiro atoms. The second-order valence-electron chi connectivity index (χ2n) is 8.53. The molecule has 0 saturated carbocycles. The third kappa shape index (κ3) is 3.85. The van der Waals surface area contributed by atoms with Crippen molar-refractivity contribution in [1.82, 2.24) is 0 Å². The number of ketones is 1. The molecule has 1 heterocycles. The third-order valence-corrected chi connectivity index (χ3v) is 6.63. The Hall–Kier alpha value is -3.93. The molecule has 0 unspecified atom stereocenters. The lowest BCUT2D eigenvalue weighted by atomic mass is 9.78. The molecule has 34 heavy (non-hydrogen) atoms. The highest BCUT2D eigenvalue weighted by atomic mass is 16.5. The Kier molecular flexibility index (Phi) is 5.88. The van der Waals surface area contributed by atoms with Crippen LogP contribution in [0.5, 0.6) is 17.2 Å². The second kappa shape index (κ2) is 9.14. The minimum absolute atomic E-state index is 0.116. The zero-order chi connectivity index (χ0) is 23.7. The van der Waals surface area contributed by atoms with Gasteiger partial charge in [-0.2, -0.15) is 0 Å². The standard InChI is InChI=1S/C28H28N2O4/c1-32-24-16-26(34-3)25(33-2)15-19(24)28-27-22(29-20-11-7-8-12-21(20)30-28)13-18(14-23(27)31)17-9-5-4-6-10-17/h4-12,15-16,18,28-30H,13-14H2,1-3H3/t18-,28+/m0/s1. The Morgan fingerprint density at radius 3 is 2.12 bits per heavy atom. The van der Waals surface area contributed by atoms with Crippen LogP contribution in [-0.2, 0) is 4.79 Å². The molecule has 174 valence electrons. The van der Waals surface area contributed by atoms with Gasteiger partial charge in [-0.05, 0) is 36.1 Å². The molecule has 2 aliphatic rings. The van der Waals surface area contributed by atoms with Crippen molar-refractivity contribution in [3.63, 3.8) is 0 Å². The first-order valence-corrected chi connectivity index (χ1v) is 11.4. The summed E-state index contributed by atoms with van der Waals surface area (Å²) in [6.45, 7) is 0. The molecule has 0 fully saturated rings. The van der Waals surface area contributed by atoms with Crippen molar-refractivity contribution in [2.45, 2.75) is 24.8 Å². The Bertz CT molecular complexity index is 1250. The number of carbonyl (C=O) groups excluding carboxylic acids is 1. The lowest BCUT2D eigenvalue weighted by Crippen LogP contribution is -2.27. The highest BCUT2D eigenvalue weighted by Gasteiger charge is 2.37. The van der Waals surface area contributed by atoms with Crippen molar-refractivity contribution in [2.75, 3.05) is 32.0 Å². The van der Waals surface area contributed by atoms with Gasteiger partial charge in [-0.15, -0.1) is 0 Å². The molecule has 0 amide bonds. The van der Waals surface area contributed by atoms with Gasteiger partial charge in [-0.3, -0.25) is 4.79 Å². The first kappa shape index (κ1) is 21.9. The molecule has 0 aromatic heterocycles. The number of carbonyl (C=O) groups is 1. The molecule has 3 aromatic rings. The summed E-state index contributed by atoms with van der Waals surface area (Å²) in [6.07, 6.45) is 1.20. The van der Waals surface area contributed by atoms with E-state index < -0.39 is 6.04 Å². The van der Waals surface area contributed by atoms with Gasteiger partial charge in [0.2, 0.25) is 0 Å². The Balaban J connectivity index is 1.67. The van der Waals surface area contributed by atoms with Crippen LogP contribution in [0.1, 0.15) is 35.9 Å². The number of hydrogen-bond donors (Lipinski definition) is 2. The van der Waals surface area contributed by atoms with Gasteiger partial charge in [-0.1, -0.05) is 42.5 Å². The SMILES string of the molecule is COc1cc(OC)c([C@H]2Nc3ccccc3NC3=C2C(=O)C[C@@H](c2ccccc2)C3)cc1OC. The molecule has 6 heteroatoms. The zero-order valence-electron chi connectivity index (χ0n) is 19.6. The molecule has 3 aromatic carbocycles. The predicted molar refractivity (Wildman–Crippen MR) is 133 cm³/mol. The van der Waals surface area contributed by atoms with E-state index in [0.29, 0.717) is 23.7 Å². The largest absolute Gasteiger partial charge is 0.496 e. The van der Waals surface area contributed by atoms with Crippen LogP contribution >= 0.6 is 0 Å². The average molecular weight is 457 g/mol. The van der Waals surface area contributed by atoms with E-state index >= 15 is 0 Å². The van der Waals surface area contributed by atoms with Gasteiger partial charge in [0.05, 0.1) is 38.7 Å². The smallest absolute Gasteiger partial charge is 0.164 e. The molecular weight excluding hydrogens is 428 g/mol. The monoisotopic (exact) mass is 456 g/mol. The fourth-order valence-electron chi connectivity index (χ4n) is 4.96. The molecule has 5 rings (SSSR count). The van der Waals surface area contributed by atoms with Crippen LogP contribution in [0.2, 0.25) is 0 Å². The lowest BCUT2D eigenvalue weighted by Gasteiger charge is -2.30. The van der Waals surface area contributed by atoms with Crippen LogP contribution in [0.3, 0.4) is 0 Å². The molecule has 2 atom stereocenters.